The van der Waals surface area contributed by atoms with Crippen LogP contribution in [0.2, 0.25) is 0 Å². The van der Waals surface area contributed by atoms with Crippen molar-refractivity contribution in [1.82, 2.24) is 24.4 Å². The van der Waals surface area contributed by atoms with E-state index < -0.39 is 40.4 Å². The summed E-state index contributed by atoms with van der Waals surface area (Å²) in [6, 6.07) is 6.00. The van der Waals surface area contributed by atoms with Crippen molar-refractivity contribution in [2.24, 2.45) is 0 Å². The summed E-state index contributed by atoms with van der Waals surface area (Å²) < 4.78 is 31.6. The molecule has 0 bridgehead atoms. The summed E-state index contributed by atoms with van der Waals surface area (Å²) in [4.78, 5) is 41.0. The molecule has 1 aliphatic rings. The van der Waals surface area contributed by atoms with E-state index >= 15 is 4.39 Å². The molecule has 1 aromatic carbocycles. The summed E-state index contributed by atoms with van der Waals surface area (Å²) in [6.07, 6.45) is 0.525. The van der Waals surface area contributed by atoms with E-state index in [-0.39, 0.29) is 42.5 Å². The molecule has 4 heterocycles. The number of benzene rings is 1. The van der Waals surface area contributed by atoms with E-state index in [0.29, 0.717) is 16.9 Å². The Labute approximate surface area is 215 Å². The normalized spacial score (nSPS) is 15.8. The van der Waals surface area contributed by atoms with Gasteiger partial charge in [-0.05, 0) is 50.6 Å². The van der Waals surface area contributed by atoms with Gasteiger partial charge in [0.15, 0.2) is 11.5 Å². The van der Waals surface area contributed by atoms with Gasteiger partial charge in [0.1, 0.15) is 23.1 Å². The average molecular weight is 523 g/mol. The Morgan fingerprint density at radius 1 is 1.11 bits per heavy atom. The molecule has 2 N–H and O–H groups in total. The number of phenols is 1. The van der Waals surface area contributed by atoms with Gasteiger partial charge in [-0.2, -0.15) is 4.98 Å². The predicted molar refractivity (Wildman–Crippen MR) is 136 cm³/mol. The van der Waals surface area contributed by atoms with Crippen molar-refractivity contribution >= 4 is 22.9 Å². The first kappa shape index (κ1) is 25.1. The lowest BCUT2D eigenvalue weighted by Gasteiger charge is -2.39. The summed E-state index contributed by atoms with van der Waals surface area (Å²) in [6.45, 7) is 5.77. The van der Waals surface area contributed by atoms with Crippen molar-refractivity contribution < 1.29 is 23.8 Å². The minimum absolute atomic E-state index is 0.00822. The lowest BCUT2D eigenvalue weighted by atomic mass is 10.1. The van der Waals surface area contributed by atoms with Crippen LogP contribution in [0.3, 0.4) is 0 Å². The van der Waals surface area contributed by atoms with Crippen LogP contribution >= 0.6 is 0 Å². The standard InChI is InChI=1S/C26H24F2N6O4/c1-13-7-8-29-15(3)22(13)34-24-16(11-18(28)21(30-24)20-17(27)5-4-6-19(20)35)23(31-25(34)36)33-10-9-32(26(37)38)12-14(33)2/h4-8,11,14,35H,9-10,12H2,1-3H3,(H,37,38)/t14-/m0/s1. The molecule has 10 nitrogen and oxygen atoms in total. The molecule has 1 amide bonds. The van der Waals surface area contributed by atoms with Gasteiger partial charge in [-0.1, -0.05) is 6.07 Å². The lowest BCUT2D eigenvalue weighted by Crippen LogP contribution is -2.54. The second-order valence-corrected chi connectivity index (χ2v) is 9.21. The molecular weight excluding hydrogens is 498 g/mol. The Bertz CT molecular complexity index is 1620. The predicted octanol–water partition coefficient (Wildman–Crippen LogP) is 3.63. The van der Waals surface area contributed by atoms with Crippen LogP contribution in [-0.2, 0) is 0 Å². The van der Waals surface area contributed by atoms with Crippen molar-refractivity contribution in [3.05, 3.63) is 69.9 Å². The quantitative estimate of drug-likeness (QED) is 0.418. The number of piperazine rings is 1. The number of anilines is 1. The number of phenolic OH excluding ortho intramolecular Hbond substituents is 1. The number of hydrogen-bond acceptors (Lipinski definition) is 7. The zero-order valence-electron chi connectivity index (χ0n) is 20.8. The van der Waals surface area contributed by atoms with Gasteiger partial charge >= 0.3 is 11.8 Å². The van der Waals surface area contributed by atoms with Gasteiger partial charge in [-0.15, -0.1) is 0 Å². The van der Waals surface area contributed by atoms with Gasteiger partial charge < -0.3 is 20.0 Å². The van der Waals surface area contributed by atoms with E-state index in [0.717, 1.165) is 12.1 Å². The topological polar surface area (TPSA) is 125 Å². The van der Waals surface area contributed by atoms with Crippen LogP contribution in [0.1, 0.15) is 18.2 Å². The zero-order valence-corrected chi connectivity index (χ0v) is 20.8. The number of fused-ring (bicyclic) bond motifs is 1. The van der Waals surface area contributed by atoms with Gasteiger partial charge in [-0.3, -0.25) is 4.98 Å². The van der Waals surface area contributed by atoms with Crippen molar-refractivity contribution in [2.75, 3.05) is 24.5 Å². The average Bonchev–Trinajstić information content (AvgIpc) is 2.85. The van der Waals surface area contributed by atoms with Gasteiger partial charge in [0.05, 0.1) is 22.3 Å². The smallest absolute Gasteiger partial charge is 0.407 e. The first-order chi connectivity index (χ1) is 18.1. The van der Waals surface area contributed by atoms with Crippen LogP contribution in [0, 0.1) is 25.5 Å². The number of pyridine rings is 2. The molecule has 0 saturated carbocycles. The fourth-order valence-corrected chi connectivity index (χ4v) is 4.92. The lowest BCUT2D eigenvalue weighted by molar-refractivity contribution is 0.136. The Morgan fingerprint density at radius 3 is 2.53 bits per heavy atom. The molecule has 3 aromatic heterocycles. The van der Waals surface area contributed by atoms with Crippen LogP contribution < -0.4 is 10.6 Å². The number of carbonyl (C=O) groups is 1. The minimum atomic E-state index is -1.06. The van der Waals surface area contributed by atoms with Crippen molar-refractivity contribution in [3.8, 4) is 22.7 Å². The zero-order chi connectivity index (χ0) is 27.3. The third-order valence-corrected chi connectivity index (χ3v) is 6.73. The molecule has 0 unspecified atom stereocenters. The molecule has 38 heavy (non-hydrogen) atoms. The van der Waals surface area contributed by atoms with Gasteiger partial charge in [0.2, 0.25) is 0 Å². The summed E-state index contributed by atoms with van der Waals surface area (Å²) in [5, 5.41) is 19.9. The number of aromatic nitrogens is 4. The maximum absolute atomic E-state index is 15.6. The maximum atomic E-state index is 15.6. The molecule has 5 rings (SSSR count). The number of halogens is 2. The fraction of sp³-hybridized carbons (Fsp3) is 0.269. The monoisotopic (exact) mass is 522 g/mol. The van der Waals surface area contributed by atoms with Gasteiger partial charge in [0, 0.05) is 31.9 Å². The highest BCUT2D eigenvalue weighted by Gasteiger charge is 2.31. The number of rotatable bonds is 3. The fourth-order valence-electron chi connectivity index (χ4n) is 4.92. The number of carboxylic acid groups (broad SMARTS) is 1. The third kappa shape index (κ3) is 4.07. The van der Waals surface area contributed by atoms with Crippen LogP contribution in [0.15, 0.2) is 41.3 Å². The highest BCUT2D eigenvalue weighted by Crippen LogP contribution is 2.36. The van der Waals surface area contributed by atoms with Crippen LogP contribution in [0.25, 0.3) is 28.0 Å². The van der Waals surface area contributed by atoms with E-state index in [1.165, 1.54) is 21.6 Å². The van der Waals surface area contributed by atoms with Gasteiger partial charge in [-0.25, -0.2) is 27.9 Å². The molecular formula is C26H24F2N6O4. The Hall–Kier alpha value is -4.61. The number of aromatic hydroxyl groups is 1. The van der Waals surface area contributed by atoms with Crippen LogP contribution in [0.4, 0.5) is 19.4 Å². The molecule has 12 heteroatoms. The largest absolute Gasteiger partial charge is 0.507 e. The number of nitrogens with zero attached hydrogens (tertiary/aromatic N) is 6. The van der Waals surface area contributed by atoms with Crippen molar-refractivity contribution in [2.45, 2.75) is 26.8 Å². The Kier molecular flexibility index (Phi) is 6.17. The maximum Gasteiger partial charge on any atom is 0.407 e. The molecule has 1 aliphatic heterocycles. The first-order valence-corrected chi connectivity index (χ1v) is 11.9. The van der Waals surface area contributed by atoms with Crippen LogP contribution in [0.5, 0.6) is 5.75 Å². The number of hydrogen-bond donors (Lipinski definition) is 2. The molecule has 1 saturated heterocycles. The third-order valence-electron chi connectivity index (χ3n) is 6.73. The van der Waals surface area contributed by atoms with Crippen molar-refractivity contribution in [1.29, 1.82) is 0 Å². The molecule has 1 fully saturated rings. The van der Waals surface area contributed by atoms with E-state index in [1.54, 1.807) is 37.9 Å². The SMILES string of the molecule is Cc1ccnc(C)c1-n1c(=O)nc(N2CCN(C(=O)O)C[C@@H]2C)c2cc(F)c(-c3c(O)cccc3F)nc21. The first-order valence-electron chi connectivity index (χ1n) is 11.9. The van der Waals surface area contributed by atoms with E-state index in [4.69, 9.17) is 0 Å². The van der Waals surface area contributed by atoms with Gasteiger partial charge in [0.25, 0.3) is 0 Å². The summed E-state index contributed by atoms with van der Waals surface area (Å²) in [5.41, 5.74) is -0.0663. The van der Waals surface area contributed by atoms with Crippen LogP contribution in [-0.4, -0.2) is 66.4 Å². The second kappa shape index (κ2) is 9.36. The number of aryl methyl sites for hydroxylation is 2. The Balaban J connectivity index is 1.83. The molecule has 0 aliphatic carbocycles. The molecule has 196 valence electrons. The van der Waals surface area contributed by atoms with E-state index in [2.05, 4.69) is 15.0 Å². The highest BCUT2D eigenvalue weighted by atomic mass is 19.1. The highest BCUT2D eigenvalue weighted by molar-refractivity contribution is 5.91. The van der Waals surface area contributed by atoms with E-state index in [9.17, 15) is 24.2 Å². The minimum Gasteiger partial charge on any atom is -0.507 e. The van der Waals surface area contributed by atoms with E-state index in [1.807, 2.05) is 0 Å². The summed E-state index contributed by atoms with van der Waals surface area (Å²) >= 11 is 0. The Morgan fingerprint density at radius 2 is 1.87 bits per heavy atom. The molecule has 4 aromatic rings. The number of amides is 1. The second-order valence-electron chi connectivity index (χ2n) is 9.21. The molecule has 0 radical (unpaired) electrons. The molecule has 1 atom stereocenters. The molecule has 0 spiro atoms. The summed E-state index contributed by atoms with van der Waals surface area (Å²) in [5.74, 6) is -2.19. The summed E-state index contributed by atoms with van der Waals surface area (Å²) in [7, 11) is 0. The van der Waals surface area contributed by atoms with Crippen molar-refractivity contribution in [3.63, 3.8) is 0 Å².